The van der Waals surface area contributed by atoms with Crippen molar-refractivity contribution in [2.75, 3.05) is 6.61 Å². The molecule has 5 heteroatoms. The minimum atomic E-state index is 0.317. The van der Waals surface area contributed by atoms with Gasteiger partial charge in [0.25, 0.3) is 5.88 Å². The quantitative estimate of drug-likeness (QED) is 0.594. The molecule has 1 aromatic heterocycles. The van der Waals surface area contributed by atoms with Gasteiger partial charge in [-0.15, -0.1) is 0 Å². The van der Waals surface area contributed by atoms with Gasteiger partial charge in [0.05, 0.1) is 5.39 Å². The van der Waals surface area contributed by atoms with E-state index in [4.69, 9.17) is 9.26 Å². The van der Waals surface area contributed by atoms with Crippen molar-refractivity contribution >= 4 is 49.5 Å². The third kappa shape index (κ3) is 2.44. The van der Waals surface area contributed by atoms with E-state index in [1.54, 1.807) is 0 Å². The molecule has 0 N–H and O–H groups in total. The van der Waals surface area contributed by atoms with Crippen LogP contribution < -0.4 is 4.74 Å². The van der Waals surface area contributed by atoms with Crippen LogP contribution in [-0.4, -0.2) is 11.8 Å². The molecule has 0 spiro atoms. The summed E-state index contributed by atoms with van der Waals surface area (Å²) < 4.78 is 14.1. The molecule has 0 bridgehead atoms. The van der Waals surface area contributed by atoms with E-state index in [2.05, 4.69) is 30.9 Å². The molecule has 0 unspecified atom stereocenters. The minimum Gasteiger partial charge on any atom is -0.462 e. The van der Waals surface area contributed by atoms with E-state index >= 15 is 0 Å². The number of nitrogens with zero attached hydrogens (tertiary/aromatic N) is 1. The molecule has 2 rings (SSSR count). The average molecular weight is 378 g/mol. The third-order valence-corrected chi connectivity index (χ3v) is 2.62. The first-order valence-electron chi connectivity index (χ1n) is 4.07. The van der Waals surface area contributed by atoms with Gasteiger partial charge in [-0.25, -0.2) is 0 Å². The van der Waals surface area contributed by atoms with E-state index < -0.39 is 0 Å². The number of benzene rings is 1. The maximum absolute atomic E-state index is 5.35. The molecule has 0 aliphatic rings. The van der Waals surface area contributed by atoms with Crippen LogP contribution in [0.1, 0.15) is 0 Å². The zero-order valence-corrected chi connectivity index (χ0v) is 11.2. The molecule has 15 heavy (non-hydrogen) atoms. The van der Waals surface area contributed by atoms with Crippen molar-refractivity contribution in [3.8, 4) is 15.7 Å². The zero-order chi connectivity index (χ0) is 10.7. The van der Waals surface area contributed by atoms with E-state index in [0.717, 1.165) is 9.86 Å². The van der Waals surface area contributed by atoms with Gasteiger partial charge >= 0.3 is 0 Å². The Hall–Kier alpha value is -0.740. The zero-order valence-electron chi connectivity index (χ0n) is 7.46. The number of halogens is 2. The predicted octanol–water partition coefficient (Wildman–Crippen LogP) is 3.37. The number of hydrogen-bond donors (Lipinski definition) is 0. The van der Waals surface area contributed by atoms with E-state index in [0.29, 0.717) is 18.1 Å². The Labute approximate surface area is 108 Å². The molecule has 0 saturated heterocycles. The van der Waals surface area contributed by atoms with Crippen LogP contribution in [0, 0.1) is 9.85 Å². The molecule has 0 aliphatic carbocycles. The Kier molecular flexibility index (Phi) is 3.49. The van der Waals surface area contributed by atoms with Crippen molar-refractivity contribution in [1.82, 2.24) is 5.16 Å². The smallest absolute Gasteiger partial charge is 0.263 e. The average Bonchev–Trinajstić information content (AvgIpc) is 2.62. The van der Waals surface area contributed by atoms with Gasteiger partial charge < -0.3 is 9.26 Å². The summed E-state index contributed by atoms with van der Waals surface area (Å²) in [7, 11) is 0. The Morgan fingerprint density at radius 3 is 3.20 bits per heavy atom. The highest BCUT2D eigenvalue weighted by Crippen LogP contribution is 2.27. The lowest BCUT2D eigenvalue weighted by Gasteiger charge is -1.95. The second-order valence-corrected chi connectivity index (χ2v) is 4.14. The summed E-state index contributed by atoms with van der Waals surface area (Å²) in [5.41, 5.74) is 0.704. The van der Waals surface area contributed by atoms with Gasteiger partial charge in [0.15, 0.2) is 12.2 Å². The molecule has 0 atom stereocenters. The first-order valence-corrected chi connectivity index (χ1v) is 5.94. The number of aromatic nitrogens is 1. The highest BCUT2D eigenvalue weighted by atomic mass is 127. The van der Waals surface area contributed by atoms with Crippen LogP contribution >= 0.6 is 38.5 Å². The second kappa shape index (κ2) is 4.86. The van der Waals surface area contributed by atoms with Gasteiger partial charge in [-0.3, -0.25) is 0 Å². The summed E-state index contributed by atoms with van der Waals surface area (Å²) in [5.74, 6) is 3.26. The molecule has 3 nitrogen and oxygen atoms in total. The molecular weight excluding hydrogens is 373 g/mol. The second-order valence-electron chi connectivity index (χ2n) is 2.69. The molecular formula is C10H5BrINO2. The maximum Gasteiger partial charge on any atom is 0.263 e. The summed E-state index contributed by atoms with van der Waals surface area (Å²) in [6, 6.07) is 5.63. The van der Waals surface area contributed by atoms with Crippen LogP contribution in [0.15, 0.2) is 27.2 Å². The Morgan fingerprint density at radius 2 is 2.40 bits per heavy atom. The lowest BCUT2D eigenvalue weighted by Crippen LogP contribution is -1.93. The molecule has 0 fully saturated rings. The van der Waals surface area contributed by atoms with Crippen molar-refractivity contribution in [1.29, 1.82) is 0 Å². The fourth-order valence-electron chi connectivity index (χ4n) is 1.12. The largest absolute Gasteiger partial charge is 0.462 e. The molecule has 1 heterocycles. The number of ether oxygens (including phenoxy) is 1. The normalized spacial score (nSPS) is 9.73. The van der Waals surface area contributed by atoms with Crippen LogP contribution in [0.2, 0.25) is 0 Å². The van der Waals surface area contributed by atoms with E-state index in [1.165, 1.54) is 0 Å². The van der Waals surface area contributed by atoms with Crippen molar-refractivity contribution in [2.24, 2.45) is 0 Å². The molecule has 0 saturated carbocycles. The molecule has 0 radical (unpaired) electrons. The highest BCUT2D eigenvalue weighted by molar-refractivity contribution is 14.1. The summed E-state index contributed by atoms with van der Waals surface area (Å²) in [6.07, 6.45) is 0. The Balaban J connectivity index is 2.33. The lowest BCUT2D eigenvalue weighted by molar-refractivity contribution is 0.322. The first kappa shape index (κ1) is 10.8. The highest BCUT2D eigenvalue weighted by Gasteiger charge is 2.08. The maximum atomic E-state index is 5.35. The Bertz CT molecular complexity index is 541. The molecule has 0 amide bonds. The number of fused-ring (bicyclic) bond motifs is 1. The third-order valence-electron chi connectivity index (χ3n) is 1.75. The van der Waals surface area contributed by atoms with Gasteiger partial charge in [-0.05, 0) is 27.3 Å². The lowest BCUT2D eigenvalue weighted by atomic mass is 10.3. The van der Waals surface area contributed by atoms with Crippen molar-refractivity contribution < 1.29 is 9.26 Å². The predicted molar refractivity (Wildman–Crippen MR) is 69.0 cm³/mol. The van der Waals surface area contributed by atoms with E-state index in [-0.39, 0.29) is 0 Å². The van der Waals surface area contributed by atoms with Crippen molar-refractivity contribution in [2.45, 2.75) is 0 Å². The van der Waals surface area contributed by atoms with Crippen LogP contribution in [-0.2, 0) is 0 Å². The van der Waals surface area contributed by atoms with Gasteiger partial charge in [-0.2, -0.15) is 0 Å². The van der Waals surface area contributed by atoms with Gasteiger partial charge in [-0.1, -0.05) is 21.9 Å². The topological polar surface area (TPSA) is 35.3 Å². The molecule has 76 valence electrons. The molecule has 0 aliphatic heterocycles. The minimum absolute atomic E-state index is 0.317. The van der Waals surface area contributed by atoms with Crippen molar-refractivity contribution in [3.63, 3.8) is 0 Å². The van der Waals surface area contributed by atoms with Crippen LogP contribution in [0.3, 0.4) is 0 Å². The molecule has 1 aromatic carbocycles. The van der Waals surface area contributed by atoms with Crippen LogP contribution in [0.4, 0.5) is 0 Å². The fourth-order valence-corrected chi connectivity index (χ4v) is 1.64. The van der Waals surface area contributed by atoms with E-state index in [9.17, 15) is 0 Å². The summed E-state index contributed by atoms with van der Waals surface area (Å²) in [4.78, 5) is 0. The Morgan fingerprint density at radius 1 is 1.53 bits per heavy atom. The first-order chi connectivity index (χ1) is 7.31. The van der Waals surface area contributed by atoms with Gasteiger partial charge in [0.2, 0.25) is 0 Å². The summed E-state index contributed by atoms with van der Waals surface area (Å²) in [6.45, 7) is 0.317. The fraction of sp³-hybridized carbons (Fsp3) is 0.100. The van der Waals surface area contributed by atoms with Crippen LogP contribution in [0.25, 0.3) is 11.0 Å². The monoisotopic (exact) mass is 377 g/mol. The summed E-state index contributed by atoms with van der Waals surface area (Å²) in [5, 5.41) is 4.67. The number of rotatable bonds is 2. The standard InChI is InChI=1S/C10H5BrINO2/c11-7-2-3-9-8(6-7)10(13-15-9)14-5-1-4-12/h2-3,6H,5H2. The number of hydrogen-bond acceptors (Lipinski definition) is 3. The summed E-state index contributed by atoms with van der Waals surface area (Å²) >= 11 is 5.34. The van der Waals surface area contributed by atoms with Crippen molar-refractivity contribution in [3.05, 3.63) is 22.7 Å². The van der Waals surface area contributed by atoms with Gasteiger partial charge in [0, 0.05) is 27.1 Å². The van der Waals surface area contributed by atoms with E-state index in [1.807, 2.05) is 40.8 Å². The molecule has 2 aromatic rings. The van der Waals surface area contributed by atoms with Crippen LogP contribution in [0.5, 0.6) is 5.88 Å². The SMILES string of the molecule is Brc1ccc2onc(OCC#CI)c2c1. The van der Waals surface area contributed by atoms with Gasteiger partial charge in [0.1, 0.15) is 0 Å².